The van der Waals surface area contributed by atoms with E-state index in [0.717, 1.165) is 11.4 Å². The quantitative estimate of drug-likeness (QED) is 0.744. The van der Waals surface area contributed by atoms with E-state index in [-0.39, 0.29) is 0 Å². The molecule has 0 atom stereocenters. The second-order valence-corrected chi connectivity index (χ2v) is 3.11. The zero-order valence-corrected chi connectivity index (χ0v) is 8.11. The third-order valence-corrected chi connectivity index (χ3v) is 2.09. The maximum Gasteiger partial charge on any atom is 0.156 e. The average Bonchev–Trinajstić information content (AvgIpc) is 2.64. The highest BCUT2D eigenvalue weighted by Gasteiger charge is 2.10. The van der Waals surface area contributed by atoms with Crippen LogP contribution in [0.15, 0.2) is 22.8 Å². The van der Waals surface area contributed by atoms with Gasteiger partial charge in [-0.3, -0.25) is 0 Å². The molecule has 2 rings (SSSR count). The Morgan fingerprint density at radius 2 is 1.93 bits per heavy atom. The molecule has 0 amide bonds. The second-order valence-electron chi connectivity index (χ2n) is 3.11. The van der Waals surface area contributed by atoms with Crippen molar-refractivity contribution >= 4 is 5.82 Å². The fraction of sp³-hybridized carbons (Fsp3) is 0.200. The highest BCUT2D eigenvalue weighted by atomic mass is 16.3. The van der Waals surface area contributed by atoms with Gasteiger partial charge < -0.3 is 10.2 Å². The molecule has 0 unspecified atom stereocenters. The molecule has 0 spiro atoms. The molecule has 72 valence electrons. The molecule has 0 saturated heterocycles. The fourth-order valence-corrected chi connectivity index (χ4v) is 1.22. The molecule has 2 aromatic heterocycles. The molecular weight excluding hydrogens is 178 g/mol. The van der Waals surface area contributed by atoms with Crippen molar-refractivity contribution in [1.29, 1.82) is 0 Å². The van der Waals surface area contributed by atoms with Crippen LogP contribution in [0.25, 0.3) is 11.5 Å². The van der Waals surface area contributed by atoms with E-state index in [0.29, 0.717) is 17.3 Å². The van der Waals surface area contributed by atoms with Crippen LogP contribution in [-0.4, -0.2) is 9.97 Å². The lowest BCUT2D eigenvalue weighted by atomic mass is 10.2. The zero-order chi connectivity index (χ0) is 10.1. The number of nitrogens with two attached hydrogens (primary N) is 1. The summed E-state index contributed by atoms with van der Waals surface area (Å²) < 4.78 is 5.21. The van der Waals surface area contributed by atoms with Crippen LogP contribution in [0, 0.1) is 13.8 Å². The van der Waals surface area contributed by atoms with Crippen LogP contribution < -0.4 is 5.73 Å². The van der Waals surface area contributed by atoms with Gasteiger partial charge in [0.05, 0.1) is 17.7 Å². The SMILES string of the molecule is Cc1nc(N)c(-c2ccco2)nc1C. The van der Waals surface area contributed by atoms with Gasteiger partial charge in [0.1, 0.15) is 5.69 Å². The average molecular weight is 189 g/mol. The predicted molar refractivity (Wildman–Crippen MR) is 53.6 cm³/mol. The lowest BCUT2D eigenvalue weighted by molar-refractivity contribution is 0.579. The van der Waals surface area contributed by atoms with Gasteiger partial charge in [-0.25, -0.2) is 9.97 Å². The van der Waals surface area contributed by atoms with Crippen LogP contribution >= 0.6 is 0 Å². The fourth-order valence-electron chi connectivity index (χ4n) is 1.22. The van der Waals surface area contributed by atoms with Crippen molar-refractivity contribution in [2.75, 3.05) is 5.73 Å². The minimum absolute atomic E-state index is 0.406. The molecule has 0 saturated carbocycles. The van der Waals surface area contributed by atoms with E-state index in [1.165, 1.54) is 0 Å². The van der Waals surface area contributed by atoms with Crippen molar-refractivity contribution in [2.45, 2.75) is 13.8 Å². The first kappa shape index (κ1) is 8.74. The van der Waals surface area contributed by atoms with Gasteiger partial charge in [0, 0.05) is 0 Å². The zero-order valence-electron chi connectivity index (χ0n) is 8.11. The Labute approximate surface area is 81.8 Å². The van der Waals surface area contributed by atoms with Crippen LogP contribution in [-0.2, 0) is 0 Å². The van der Waals surface area contributed by atoms with E-state index < -0.39 is 0 Å². The maximum atomic E-state index is 5.75. The molecule has 0 aliphatic rings. The summed E-state index contributed by atoms with van der Waals surface area (Å²) in [5.41, 5.74) is 8.07. The number of rotatable bonds is 1. The number of nitrogens with zero attached hydrogens (tertiary/aromatic N) is 2. The summed E-state index contributed by atoms with van der Waals surface area (Å²) in [6.45, 7) is 3.78. The Morgan fingerprint density at radius 3 is 2.57 bits per heavy atom. The summed E-state index contributed by atoms with van der Waals surface area (Å²) in [6.07, 6.45) is 1.59. The van der Waals surface area contributed by atoms with E-state index >= 15 is 0 Å². The van der Waals surface area contributed by atoms with E-state index in [1.54, 1.807) is 12.3 Å². The first-order valence-electron chi connectivity index (χ1n) is 4.33. The molecule has 0 fully saturated rings. The third-order valence-electron chi connectivity index (χ3n) is 2.09. The van der Waals surface area contributed by atoms with Gasteiger partial charge in [-0.05, 0) is 26.0 Å². The molecule has 0 bridgehead atoms. The minimum atomic E-state index is 0.406. The molecule has 2 aromatic rings. The summed E-state index contributed by atoms with van der Waals surface area (Å²) in [5, 5.41) is 0. The van der Waals surface area contributed by atoms with E-state index in [4.69, 9.17) is 10.2 Å². The number of aromatic nitrogens is 2. The molecule has 0 aliphatic carbocycles. The number of aryl methyl sites for hydroxylation is 2. The van der Waals surface area contributed by atoms with Crippen LogP contribution in [0.2, 0.25) is 0 Å². The van der Waals surface area contributed by atoms with Crippen LogP contribution in [0.1, 0.15) is 11.4 Å². The molecule has 0 aliphatic heterocycles. The number of hydrogen-bond acceptors (Lipinski definition) is 4. The highest BCUT2D eigenvalue weighted by Crippen LogP contribution is 2.23. The molecule has 2 N–H and O–H groups in total. The van der Waals surface area contributed by atoms with Crippen LogP contribution in [0.4, 0.5) is 5.82 Å². The van der Waals surface area contributed by atoms with Crippen molar-refractivity contribution in [3.63, 3.8) is 0 Å². The first-order chi connectivity index (χ1) is 6.68. The van der Waals surface area contributed by atoms with Crippen molar-refractivity contribution in [3.8, 4) is 11.5 Å². The minimum Gasteiger partial charge on any atom is -0.463 e. The smallest absolute Gasteiger partial charge is 0.156 e. The molecule has 0 radical (unpaired) electrons. The number of nitrogen functional groups attached to an aromatic ring is 1. The van der Waals surface area contributed by atoms with Crippen molar-refractivity contribution in [1.82, 2.24) is 9.97 Å². The largest absolute Gasteiger partial charge is 0.463 e. The molecule has 0 aromatic carbocycles. The lowest BCUT2D eigenvalue weighted by Crippen LogP contribution is -2.01. The highest BCUT2D eigenvalue weighted by molar-refractivity contribution is 5.65. The van der Waals surface area contributed by atoms with Gasteiger partial charge >= 0.3 is 0 Å². The van der Waals surface area contributed by atoms with Gasteiger partial charge in [-0.15, -0.1) is 0 Å². The normalized spacial score (nSPS) is 10.4. The Balaban J connectivity index is 2.60. The van der Waals surface area contributed by atoms with Gasteiger partial charge in [-0.2, -0.15) is 0 Å². The maximum absolute atomic E-state index is 5.75. The summed E-state index contributed by atoms with van der Waals surface area (Å²) in [5.74, 6) is 1.06. The summed E-state index contributed by atoms with van der Waals surface area (Å²) in [7, 11) is 0. The van der Waals surface area contributed by atoms with E-state index in [9.17, 15) is 0 Å². The van der Waals surface area contributed by atoms with E-state index in [2.05, 4.69) is 9.97 Å². The van der Waals surface area contributed by atoms with Crippen molar-refractivity contribution in [2.24, 2.45) is 0 Å². The van der Waals surface area contributed by atoms with Gasteiger partial charge in [0.25, 0.3) is 0 Å². The summed E-state index contributed by atoms with van der Waals surface area (Å²) >= 11 is 0. The Bertz CT molecular complexity index is 449. The third kappa shape index (κ3) is 1.35. The predicted octanol–water partition coefficient (Wildman–Crippen LogP) is 1.94. The van der Waals surface area contributed by atoms with Crippen molar-refractivity contribution < 1.29 is 4.42 Å². The summed E-state index contributed by atoms with van der Waals surface area (Å²) in [6, 6.07) is 3.61. The molecule has 14 heavy (non-hydrogen) atoms. The summed E-state index contributed by atoms with van der Waals surface area (Å²) in [4.78, 5) is 8.52. The Kier molecular flexibility index (Phi) is 1.96. The topological polar surface area (TPSA) is 64.9 Å². The molecule has 4 nitrogen and oxygen atoms in total. The van der Waals surface area contributed by atoms with Gasteiger partial charge in [-0.1, -0.05) is 0 Å². The molecule has 2 heterocycles. The van der Waals surface area contributed by atoms with E-state index in [1.807, 2.05) is 19.9 Å². The number of hydrogen-bond donors (Lipinski definition) is 1. The molecule has 4 heteroatoms. The van der Waals surface area contributed by atoms with Gasteiger partial charge in [0.15, 0.2) is 11.6 Å². The second kappa shape index (κ2) is 3.14. The van der Waals surface area contributed by atoms with Crippen LogP contribution in [0.3, 0.4) is 0 Å². The monoisotopic (exact) mass is 189 g/mol. The van der Waals surface area contributed by atoms with Crippen LogP contribution in [0.5, 0.6) is 0 Å². The standard InChI is InChI=1S/C10H11N3O/c1-6-7(2)13-10(11)9(12-6)8-4-3-5-14-8/h3-5H,1-2H3,(H2,11,13). The number of furan rings is 1. The van der Waals surface area contributed by atoms with Gasteiger partial charge in [0.2, 0.25) is 0 Å². The lowest BCUT2D eigenvalue weighted by Gasteiger charge is -2.04. The Hall–Kier alpha value is -1.84. The van der Waals surface area contributed by atoms with Crippen molar-refractivity contribution in [3.05, 3.63) is 29.8 Å². The Morgan fingerprint density at radius 1 is 1.21 bits per heavy atom. The number of anilines is 1. The molecular formula is C10H11N3O. The first-order valence-corrected chi connectivity index (χ1v) is 4.33.